The molecule has 4 aliphatic rings. The van der Waals surface area contributed by atoms with E-state index in [1.807, 2.05) is 26.8 Å². The average molecular weight is 1040 g/mol. The standard InChI is InChI=1S/C53H87NO19/c1-16-39-36(26-65-52-49(64-15)48(63-14)47(32(8)68-52)71-40(59)21-27(2)3)22-28(4)17-18-37(57)29(5)23-35(19-20-55)45(30(6)38(58)24-41(60)70-39)73-51-44(61)43(54(12)13)46(31(7)67-51)72-42-25-53(11,62)50(33(9)66-42)69-34(10)56/h17-18,20,22,27,29-33,35-36,38-39,42-52,58,61-62H,16,19,21,23-26H2,1-15H3/b18-17+,28-22+/t29-,30+,31-,32-,33+,35+,36-,38-,39-,42+,43-,44-,45-,46-,47-,48-,49-,50+,51-,52-,53-/m1/s1. The molecule has 0 amide bonds. The summed E-state index contributed by atoms with van der Waals surface area (Å²) in [7, 11) is 6.45. The maximum atomic E-state index is 14.0. The molecule has 0 radical (unpaired) electrons. The van der Waals surface area contributed by atoms with Gasteiger partial charge in [-0.15, -0.1) is 0 Å². The van der Waals surface area contributed by atoms with Crippen molar-refractivity contribution in [2.45, 2.75) is 218 Å². The largest absolute Gasteiger partial charge is 0.462 e. The molecule has 3 N–H and O–H groups in total. The van der Waals surface area contributed by atoms with Gasteiger partial charge in [0.05, 0.1) is 49.6 Å². The SMILES string of the molecule is CC[C@H]1OC(=O)C[C@@H](O)[C@H](C)[C@@H](O[C@H]2O[C@H](C)[C@@H](O[C@H]3C[C@@](C)(O)[C@@H](OC(C)=O)[C@H](C)O3)[C@H](N(C)C)[C@H]2O)[C@@H](CC=O)C[C@@H](C)C(=O)/C=C/C(C)=C/[C@@H]1CO[C@@H]1O[C@H](C)[C@@H](OC(=O)CC(C)C)[C@@H](OC)[C@H]1OC. The molecular formula is C53H87NO19. The van der Waals surface area contributed by atoms with Crippen LogP contribution < -0.4 is 0 Å². The van der Waals surface area contributed by atoms with Crippen LogP contribution in [0, 0.1) is 29.6 Å². The van der Waals surface area contributed by atoms with Crippen molar-refractivity contribution in [2.75, 3.05) is 34.9 Å². The van der Waals surface area contributed by atoms with Crippen LogP contribution >= 0.6 is 0 Å². The van der Waals surface area contributed by atoms with Crippen molar-refractivity contribution in [2.24, 2.45) is 29.6 Å². The van der Waals surface area contributed by atoms with E-state index in [-0.39, 0.29) is 44.0 Å². The zero-order chi connectivity index (χ0) is 54.6. The van der Waals surface area contributed by atoms with Crippen molar-refractivity contribution < 1.29 is 91.4 Å². The van der Waals surface area contributed by atoms with Gasteiger partial charge in [0.2, 0.25) is 0 Å². The number of aliphatic hydroxyl groups excluding tert-OH is 2. The molecule has 20 heteroatoms. The van der Waals surface area contributed by atoms with Crippen LogP contribution in [-0.4, -0.2) is 189 Å². The molecule has 73 heavy (non-hydrogen) atoms. The van der Waals surface area contributed by atoms with Gasteiger partial charge in [-0.05, 0) is 79.5 Å². The van der Waals surface area contributed by atoms with Gasteiger partial charge in [0.25, 0.3) is 0 Å². The Morgan fingerprint density at radius 3 is 2.11 bits per heavy atom. The number of ketones is 1. The molecule has 4 heterocycles. The second-order valence-electron chi connectivity index (χ2n) is 21.4. The van der Waals surface area contributed by atoms with Crippen molar-refractivity contribution in [1.82, 2.24) is 4.90 Å². The van der Waals surface area contributed by atoms with Gasteiger partial charge in [-0.3, -0.25) is 19.2 Å². The number of hydrogen-bond acceptors (Lipinski definition) is 20. The van der Waals surface area contributed by atoms with E-state index >= 15 is 0 Å². The highest BCUT2D eigenvalue weighted by atomic mass is 16.7. The Hall–Kier alpha value is -3.25. The molecule has 3 fully saturated rings. The molecule has 20 nitrogen and oxygen atoms in total. The average Bonchev–Trinajstić information content (AvgIpc) is 3.29. The highest BCUT2D eigenvalue weighted by Gasteiger charge is 2.53. The van der Waals surface area contributed by atoms with Crippen LogP contribution in [0.4, 0.5) is 0 Å². The summed E-state index contributed by atoms with van der Waals surface area (Å²) in [5, 5.41) is 35.3. The number of aldehydes is 1. The van der Waals surface area contributed by atoms with E-state index in [1.165, 1.54) is 34.1 Å². The molecule has 0 aromatic heterocycles. The second-order valence-corrected chi connectivity index (χ2v) is 21.4. The first-order valence-electron chi connectivity index (χ1n) is 25.9. The predicted molar refractivity (Wildman–Crippen MR) is 263 cm³/mol. The fourth-order valence-corrected chi connectivity index (χ4v) is 10.6. The number of nitrogens with zero attached hydrogens (tertiary/aromatic N) is 1. The lowest BCUT2D eigenvalue weighted by atomic mass is 9.79. The van der Waals surface area contributed by atoms with E-state index < -0.39 is 152 Å². The Balaban J connectivity index is 1.60. The Labute approximate surface area is 432 Å². The number of ether oxygens (including phenoxy) is 11. The molecule has 4 aliphatic heterocycles. The normalized spacial score (nSPS) is 41.6. The molecule has 0 aromatic rings. The number of esters is 3. The monoisotopic (exact) mass is 1040 g/mol. The third-order valence-corrected chi connectivity index (χ3v) is 14.5. The number of hydrogen-bond donors (Lipinski definition) is 3. The zero-order valence-corrected chi connectivity index (χ0v) is 45.7. The number of methoxy groups -OCH3 is 2. The zero-order valence-electron chi connectivity index (χ0n) is 45.7. The molecule has 0 aromatic carbocycles. The summed E-state index contributed by atoms with van der Waals surface area (Å²) in [6, 6.07) is -0.786. The van der Waals surface area contributed by atoms with E-state index in [9.17, 15) is 39.3 Å². The summed E-state index contributed by atoms with van der Waals surface area (Å²) in [4.78, 5) is 66.5. The summed E-state index contributed by atoms with van der Waals surface area (Å²) >= 11 is 0. The van der Waals surface area contributed by atoms with Crippen molar-refractivity contribution in [3.8, 4) is 0 Å². The van der Waals surface area contributed by atoms with Crippen molar-refractivity contribution in [3.05, 3.63) is 23.8 Å². The van der Waals surface area contributed by atoms with E-state index in [0.29, 0.717) is 18.3 Å². The van der Waals surface area contributed by atoms with Gasteiger partial charge in [-0.1, -0.05) is 52.3 Å². The molecule has 4 rings (SSSR count). The number of carbonyl (C=O) groups is 5. The summed E-state index contributed by atoms with van der Waals surface area (Å²) in [6.45, 7) is 18.8. The topological polar surface area (TPSA) is 251 Å². The molecule has 0 bridgehead atoms. The van der Waals surface area contributed by atoms with Gasteiger partial charge in [-0.2, -0.15) is 0 Å². The van der Waals surface area contributed by atoms with Crippen LogP contribution in [0.2, 0.25) is 0 Å². The lowest BCUT2D eigenvalue weighted by molar-refractivity contribution is -0.342. The fraction of sp³-hybridized carbons (Fsp3) is 0.830. The van der Waals surface area contributed by atoms with Crippen LogP contribution in [0.15, 0.2) is 23.8 Å². The van der Waals surface area contributed by atoms with Crippen LogP contribution in [0.1, 0.15) is 115 Å². The number of rotatable bonds is 17. The minimum absolute atomic E-state index is 0.0405. The van der Waals surface area contributed by atoms with E-state index in [4.69, 9.17) is 52.1 Å². The van der Waals surface area contributed by atoms with Crippen LogP contribution in [-0.2, 0) is 76.1 Å². The second kappa shape index (κ2) is 28.2. The van der Waals surface area contributed by atoms with Gasteiger partial charge >= 0.3 is 17.9 Å². The molecular weight excluding hydrogens is 955 g/mol. The van der Waals surface area contributed by atoms with Crippen LogP contribution in [0.25, 0.3) is 0 Å². The Morgan fingerprint density at radius 1 is 0.890 bits per heavy atom. The maximum Gasteiger partial charge on any atom is 0.308 e. The lowest BCUT2D eigenvalue weighted by Gasteiger charge is -2.50. The number of likely N-dealkylation sites (N-methyl/N-ethyl adjacent to an activating group) is 1. The van der Waals surface area contributed by atoms with Gasteiger partial charge in [-0.25, -0.2) is 0 Å². The summed E-state index contributed by atoms with van der Waals surface area (Å²) in [6.07, 6.45) is -8.45. The van der Waals surface area contributed by atoms with E-state index in [0.717, 1.165) is 0 Å². The van der Waals surface area contributed by atoms with Gasteiger partial charge in [0.15, 0.2) is 36.9 Å². The highest BCUT2D eigenvalue weighted by molar-refractivity contribution is 5.91. The summed E-state index contributed by atoms with van der Waals surface area (Å²) in [5.41, 5.74) is -0.840. The minimum atomic E-state index is -1.51. The highest BCUT2D eigenvalue weighted by Crippen LogP contribution is 2.38. The molecule has 21 atom stereocenters. The van der Waals surface area contributed by atoms with Gasteiger partial charge in [0, 0.05) is 58.2 Å². The predicted octanol–water partition coefficient (Wildman–Crippen LogP) is 4.00. The maximum absolute atomic E-state index is 14.0. The Morgan fingerprint density at radius 2 is 1.53 bits per heavy atom. The molecule has 0 unspecified atom stereocenters. The minimum Gasteiger partial charge on any atom is -0.462 e. The van der Waals surface area contributed by atoms with E-state index in [2.05, 4.69) is 0 Å². The first-order chi connectivity index (χ1) is 34.3. The molecule has 3 saturated heterocycles. The molecule has 0 spiro atoms. The Kier molecular flexibility index (Phi) is 24.1. The lowest BCUT2D eigenvalue weighted by Crippen LogP contribution is -2.65. The number of cyclic esters (lactones) is 1. The summed E-state index contributed by atoms with van der Waals surface area (Å²) in [5.74, 6) is -4.63. The quantitative estimate of drug-likeness (QED) is 0.106. The molecule has 0 aliphatic carbocycles. The first kappa shape index (κ1) is 62.3. The third-order valence-electron chi connectivity index (χ3n) is 14.5. The fourth-order valence-electron chi connectivity index (χ4n) is 10.6. The number of aliphatic hydroxyl groups is 3. The third kappa shape index (κ3) is 16.9. The van der Waals surface area contributed by atoms with Crippen molar-refractivity contribution in [1.29, 1.82) is 0 Å². The van der Waals surface area contributed by atoms with Crippen LogP contribution in [0.5, 0.6) is 0 Å². The Bertz CT molecular complexity index is 1860. The van der Waals surface area contributed by atoms with Gasteiger partial charge in [0.1, 0.15) is 42.4 Å². The first-order valence-corrected chi connectivity index (χ1v) is 25.9. The summed E-state index contributed by atoms with van der Waals surface area (Å²) < 4.78 is 67.2. The molecule has 0 saturated carbocycles. The molecule has 418 valence electrons. The van der Waals surface area contributed by atoms with E-state index in [1.54, 1.807) is 66.6 Å². The number of carbonyl (C=O) groups excluding carboxylic acids is 5. The van der Waals surface area contributed by atoms with Crippen LogP contribution in [0.3, 0.4) is 0 Å². The van der Waals surface area contributed by atoms with Crippen molar-refractivity contribution >= 4 is 30.0 Å². The smallest absolute Gasteiger partial charge is 0.308 e. The van der Waals surface area contributed by atoms with Gasteiger partial charge < -0.3 is 77.1 Å². The number of allylic oxidation sites excluding steroid dienone is 3. The van der Waals surface area contributed by atoms with Crippen molar-refractivity contribution in [3.63, 3.8) is 0 Å².